The Kier molecular flexibility index (Phi) is 4.63. The highest BCUT2D eigenvalue weighted by Gasteiger charge is 2.38. The van der Waals surface area contributed by atoms with Crippen molar-refractivity contribution in [3.05, 3.63) is 23.8 Å². The van der Waals surface area contributed by atoms with Gasteiger partial charge in [0.25, 0.3) is 5.91 Å². The SMILES string of the molecule is CSC1(C(N)=S)CCN(C(=O)c2cc(O)cc(O)c2)CC1. The number of hydrogen-bond donors (Lipinski definition) is 3. The Bertz CT molecular complexity index is 549. The second kappa shape index (κ2) is 6.11. The largest absolute Gasteiger partial charge is 0.508 e. The summed E-state index contributed by atoms with van der Waals surface area (Å²) >= 11 is 6.78. The van der Waals surface area contributed by atoms with Crippen LogP contribution in [0.25, 0.3) is 0 Å². The minimum absolute atomic E-state index is 0.128. The zero-order valence-electron chi connectivity index (χ0n) is 11.7. The Morgan fingerprint density at radius 2 is 1.81 bits per heavy atom. The molecule has 1 aromatic carbocycles. The maximum atomic E-state index is 12.4. The second-order valence-electron chi connectivity index (χ2n) is 5.09. The first-order valence-electron chi connectivity index (χ1n) is 6.55. The molecule has 0 bridgehead atoms. The van der Waals surface area contributed by atoms with Crippen LogP contribution in [-0.2, 0) is 0 Å². The number of phenols is 2. The molecule has 0 spiro atoms. The molecule has 4 N–H and O–H groups in total. The van der Waals surface area contributed by atoms with Gasteiger partial charge in [0.2, 0.25) is 0 Å². The molecule has 1 aliphatic heterocycles. The smallest absolute Gasteiger partial charge is 0.254 e. The molecule has 1 fully saturated rings. The van der Waals surface area contributed by atoms with E-state index in [1.165, 1.54) is 18.2 Å². The van der Waals surface area contributed by atoms with Crippen LogP contribution in [0.2, 0.25) is 0 Å². The Morgan fingerprint density at radius 1 is 1.29 bits per heavy atom. The van der Waals surface area contributed by atoms with Crippen LogP contribution >= 0.6 is 24.0 Å². The molecule has 0 radical (unpaired) electrons. The molecule has 1 amide bonds. The summed E-state index contributed by atoms with van der Waals surface area (Å²) in [4.78, 5) is 14.6. The molecule has 1 aliphatic rings. The van der Waals surface area contributed by atoms with E-state index >= 15 is 0 Å². The van der Waals surface area contributed by atoms with Crippen LogP contribution in [0, 0.1) is 0 Å². The number of thioether (sulfide) groups is 1. The highest BCUT2D eigenvalue weighted by molar-refractivity contribution is 8.02. The van der Waals surface area contributed by atoms with Crippen molar-refractivity contribution in [1.29, 1.82) is 0 Å². The van der Waals surface area contributed by atoms with Gasteiger partial charge in [0, 0.05) is 24.7 Å². The van der Waals surface area contributed by atoms with Crippen LogP contribution in [0.15, 0.2) is 18.2 Å². The average molecular weight is 326 g/mol. The summed E-state index contributed by atoms with van der Waals surface area (Å²) in [6, 6.07) is 3.90. The van der Waals surface area contributed by atoms with Gasteiger partial charge in [0.15, 0.2) is 0 Å². The van der Waals surface area contributed by atoms with Gasteiger partial charge in [0.05, 0.1) is 9.74 Å². The summed E-state index contributed by atoms with van der Waals surface area (Å²) in [6.07, 6.45) is 3.39. The zero-order chi connectivity index (χ0) is 15.6. The topological polar surface area (TPSA) is 86.8 Å². The number of likely N-dealkylation sites (tertiary alicyclic amines) is 1. The first kappa shape index (κ1) is 15.9. The maximum Gasteiger partial charge on any atom is 0.254 e. The molecular formula is C14H18N2O3S2. The minimum Gasteiger partial charge on any atom is -0.508 e. The second-order valence-corrected chi connectivity index (χ2v) is 6.72. The van der Waals surface area contributed by atoms with E-state index in [0.29, 0.717) is 30.9 Å². The van der Waals surface area contributed by atoms with Crippen LogP contribution in [0.1, 0.15) is 23.2 Å². The summed E-state index contributed by atoms with van der Waals surface area (Å²) in [7, 11) is 0. The van der Waals surface area contributed by atoms with Gasteiger partial charge in [-0.15, -0.1) is 0 Å². The molecule has 7 heteroatoms. The predicted octanol–water partition coefficient (Wildman–Crippen LogP) is 1.72. The van der Waals surface area contributed by atoms with Gasteiger partial charge in [-0.25, -0.2) is 0 Å². The molecule has 2 rings (SSSR count). The van der Waals surface area contributed by atoms with Crippen molar-refractivity contribution in [3.8, 4) is 11.5 Å². The number of carbonyl (C=O) groups excluding carboxylic acids is 1. The van der Waals surface area contributed by atoms with Crippen molar-refractivity contribution in [2.75, 3.05) is 19.3 Å². The molecule has 0 aliphatic carbocycles. The van der Waals surface area contributed by atoms with Gasteiger partial charge in [0.1, 0.15) is 11.5 Å². The lowest BCUT2D eigenvalue weighted by Gasteiger charge is -2.40. The molecule has 1 heterocycles. The van der Waals surface area contributed by atoms with Crippen LogP contribution in [0.5, 0.6) is 11.5 Å². The Balaban J connectivity index is 2.11. The van der Waals surface area contributed by atoms with E-state index in [2.05, 4.69) is 0 Å². The molecular weight excluding hydrogens is 308 g/mol. The molecule has 114 valence electrons. The van der Waals surface area contributed by atoms with E-state index in [4.69, 9.17) is 18.0 Å². The Labute approximate surface area is 133 Å². The molecule has 21 heavy (non-hydrogen) atoms. The third-order valence-electron chi connectivity index (χ3n) is 3.85. The van der Waals surface area contributed by atoms with Crippen molar-refractivity contribution in [2.45, 2.75) is 17.6 Å². The molecule has 1 saturated heterocycles. The molecule has 0 unspecified atom stereocenters. The quantitative estimate of drug-likeness (QED) is 0.733. The summed E-state index contributed by atoms with van der Waals surface area (Å²) in [6.45, 7) is 1.10. The van der Waals surface area contributed by atoms with Gasteiger partial charge in [-0.3, -0.25) is 4.79 Å². The zero-order valence-corrected chi connectivity index (χ0v) is 13.3. The number of piperidine rings is 1. The van der Waals surface area contributed by atoms with Gasteiger partial charge >= 0.3 is 0 Å². The van der Waals surface area contributed by atoms with Crippen LogP contribution in [0.4, 0.5) is 0 Å². The van der Waals surface area contributed by atoms with E-state index in [1.807, 2.05) is 6.26 Å². The Morgan fingerprint density at radius 3 is 2.24 bits per heavy atom. The number of thiocarbonyl (C=S) groups is 1. The van der Waals surface area contributed by atoms with Crippen molar-refractivity contribution in [3.63, 3.8) is 0 Å². The van der Waals surface area contributed by atoms with Crippen LogP contribution in [-0.4, -0.2) is 50.1 Å². The fourth-order valence-electron chi connectivity index (χ4n) is 2.52. The highest BCUT2D eigenvalue weighted by Crippen LogP contribution is 2.35. The molecule has 0 saturated carbocycles. The number of nitrogens with zero attached hydrogens (tertiary/aromatic N) is 1. The minimum atomic E-state index is -0.243. The van der Waals surface area contributed by atoms with Gasteiger partial charge in [-0.2, -0.15) is 11.8 Å². The van der Waals surface area contributed by atoms with E-state index in [0.717, 1.165) is 0 Å². The van der Waals surface area contributed by atoms with E-state index < -0.39 is 0 Å². The van der Waals surface area contributed by atoms with E-state index in [9.17, 15) is 15.0 Å². The van der Waals surface area contributed by atoms with Gasteiger partial charge in [-0.1, -0.05) is 12.2 Å². The number of amides is 1. The molecule has 1 aromatic rings. The molecule has 5 nitrogen and oxygen atoms in total. The van der Waals surface area contributed by atoms with E-state index in [-0.39, 0.29) is 27.7 Å². The number of carbonyl (C=O) groups is 1. The number of benzene rings is 1. The third-order valence-corrected chi connectivity index (χ3v) is 5.78. The molecule has 0 atom stereocenters. The fourth-order valence-corrected chi connectivity index (χ4v) is 3.77. The number of phenolic OH excluding ortho intramolecular Hbond substituents is 2. The highest BCUT2D eigenvalue weighted by atomic mass is 32.2. The number of hydrogen-bond acceptors (Lipinski definition) is 5. The average Bonchev–Trinajstić information content (AvgIpc) is 2.45. The normalized spacial score (nSPS) is 17.5. The Hall–Kier alpha value is -1.47. The third kappa shape index (κ3) is 3.24. The summed E-state index contributed by atoms with van der Waals surface area (Å²) < 4.78 is -0.243. The van der Waals surface area contributed by atoms with Crippen LogP contribution in [0.3, 0.4) is 0 Å². The van der Waals surface area contributed by atoms with Crippen molar-refractivity contribution in [2.24, 2.45) is 5.73 Å². The lowest BCUT2D eigenvalue weighted by atomic mass is 9.95. The summed E-state index contributed by atoms with van der Waals surface area (Å²) in [5.41, 5.74) is 6.10. The van der Waals surface area contributed by atoms with Crippen molar-refractivity contribution < 1.29 is 15.0 Å². The van der Waals surface area contributed by atoms with Gasteiger partial charge in [-0.05, 0) is 31.2 Å². The van der Waals surface area contributed by atoms with Crippen molar-refractivity contribution in [1.82, 2.24) is 4.90 Å². The van der Waals surface area contributed by atoms with E-state index in [1.54, 1.807) is 16.7 Å². The maximum absolute atomic E-state index is 12.4. The lowest BCUT2D eigenvalue weighted by molar-refractivity contribution is 0.0718. The monoisotopic (exact) mass is 326 g/mol. The number of rotatable bonds is 3. The predicted molar refractivity (Wildman–Crippen MR) is 87.9 cm³/mol. The van der Waals surface area contributed by atoms with Crippen LogP contribution < -0.4 is 5.73 Å². The lowest BCUT2D eigenvalue weighted by Crippen LogP contribution is -2.50. The number of nitrogens with two attached hydrogens (primary N) is 1. The van der Waals surface area contributed by atoms with Crippen molar-refractivity contribution >= 4 is 34.9 Å². The summed E-state index contributed by atoms with van der Waals surface area (Å²) in [5, 5.41) is 18.9. The first-order chi connectivity index (χ1) is 9.88. The first-order valence-corrected chi connectivity index (χ1v) is 8.18. The standard InChI is InChI=1S/C14H18N2O3S2/c1-21-14(13(15)20)2-4-16(5-3-14)12(19)9-6-10(17)8-11(18)7-9/h6-8,17-18H,2-5H2,1H3,(H2,15,20). The number of aromatic hydroxyl groups is 2. The van der Waals surface area contributed by atoms with Gasteiger partial charge < -0.3 is 20.8 Å². The fraction of sp³-hybridized carbons (Fsp3) is 0.429. The summed E-state index contributed by atoms with van der Waals surface area (Å²) in [5.74, 6) is -0.465. The molecule has 0 aromatic heterocycles.